The van der Waals surface area contributed by atoms with E-state index in [1.54, 1.807) is 10.9 Å². The van der Waals surface area contributed by atoms with Crippen LogP contribution in [0.3, 0.4) is 0 Å². The van der Waals surface area contributed by atoms with Crippen LogP contribution in [0.4, 0.5) is 0 Å². The molecule has 0 saturated heterocycles. The molecule has 0 bridgehead atoms. The Hall–Kier alpha value is -1.84. The summed E-state index contributed by atoms with van der Waals surface area (Å²) < 4.78 is 6.95. The quantitative estimate of drug-likeness (QED) is 0.688. The maximum Gasteiger partial charge on any atom is 0.151 e. The molecule has 2 aromatic rings. The number of furan rings is 1. The number of carbonyl (C=O) groups excluding carboxylic acids is 1. The molecule has 0 radical (unpaired) electrons. The normalized spacial score (nSPS) is 10.4. The smallest absolute Gasteiger partial charge is 0.151 e. The van der Waals surface area contributed by atoms with E-state index in [9.17, 15) is 4.79 Å². The predicted octanol–water partition coefficient (Wildman–Crippen LogP) is 1.42. The van der Waals surface area contributed by atoms with Crippen LogP contribution in [0.5, 0.6) is 0 Å². The van der Waals surface area contributed by atoms with Crippen LogP contribution >= 0.6 is 0 Å². The minimum Gasteiger partial charge on any atom is -0.463 e. The van der Waals surface area contributed by atoms with Gasteiger partial charge in [-0.05, 0) is 18.2 Å². The molecule has 4 nitrogen and oxygen atoms in total. The Morgan fingerprint density at radius 1 is 1.64 bits per heavy atom. The van der Waals surface area contributed by atoms with Crippen LogP contribution < -0.4 is 0 Å². The lowest BCUT2D eigenvalue weighted by molar-refractivity contribution is -0.107. The summed E-state index contributed by atoms with van der Waals surface area (Å²) >= 11 is 0. The van der Waals surface area contributed by atoms with E-state index in [1.807, 2.05) is 25.2 Å². The van der Waals surface area contributed by atoms with E-state index in [4.69, 9.17) is 4.42 Å². The minimum atomic E-state index is 0.342. The number of hydrogen-bond donors (Lipinski definition) is 0. The molecule has 0 saturated carbocycles. The molecular formula is C10H10N2O2. The lowest BCUT2D eigenvalue weighted by Gasteiger charge is -1.94. The maximum absolute atomic E-state index is 10.3. The second-order valence-electron chi connectivity index (χ2n) is 2.99. The highest BCUT2D eigenvalue weighted by Crippen LogP contribution is 2.19. The molecule has 72 valence electrons. The molecule has 2 aromatic heterocycles. The molecular weight excluding hydrogens is 180 g/mol. The Balaban J connectivity index is 2.39. The second-order valence-corrected chi connectivity index (χ2v) is 2.99. The Morgan fingerprint density at radius 2 is 2.50 bits per heavy atom. The first kappa shape index (κ1) is 8.74. The number of aromatic nitrogens is 2. The zero-order valence-electron chi connectivity index (χ0n) is 7.80. The Bertz CT molecular complexity index is 429. The fraction of sp³-hybridized carbons (Fsp3) is 0.200. The van der Waals surface area contributed by atoms with Gasteiger partial charge in [0.1, 0.15) is 12.0 Å². The Morgan fingerprint density at radius 3 is 3.14 bits per heavy atom. The van der Waals surface area contributed by atoms with Crippen molar-refractivity contribution < 1.29 is 9.21 Å². The summed E-state index contributed by atoms with van der Waals surface area (Å²) in [6.45, 7) is 0. The summed E-state index contributed by atoms with van der Waals surface area (Å²) in [5.74, 6) is 0.761. The average Bonchev–Trinajstić information content (AvgIpc) is 2.74. The van der Waals surface area contributed by atoms with Gasteiger partial charge in [-0.25, -0.2) is 0 Å². The van der Waals surface area contributed by atoms with Crippen LogP contribution in [0, 0.1) is 0 Å². The molecule has 4 heteroatoms. The SMILES string of the molecule is Cn1nc(CC=O)cc1-c1ccco1. The molecule has 0 fully saturated rings. The van der Waals surface area contributed by atoms with E-state index in [0.717, 1.165) is 23.4 Å². The molecule has 0 aliphatic rings. The van der Waals surface area contributed by atoms with Crippen LogP contribution in [0.2, 0.25) is 0 Å². The van der Waals surface area contributed by atoms with Crippen molar-refractivity contribution in [2.24, 2.45) is 7.05 Å². The summed E-state index contributed by atoms with van der Waals surface area (Å²) in [4.78, 5) is 10.3. The fourth-order valence-corrected chi connectivity index (χ4v) is 1.37. The maximum atomic E-state index is 10.3. The number of aldehydes is 1. The van der Waals surface area contributed by atoms with E-state index < -0.39 is 0 Å². The monoisotopic (exact) mass is 190 g/mol. The highest BCUT2D eigenvalue weighted by Gasteiger charge is 2.08. The van der Waals surface area contributed by atoms with Crippen LogP contribution in [0.25, 0.3) is 11.5 Å². The van der Waals surface area contributed by atoms with Crippen molar-refractivity contribution in [3.05, 3.63) is 30.2 Å². The van der Waals surface area contributed by atoms with E-state index in [0.29, 0.717) is 6.42 Å². The van der Waals surface area contributed by atoms with Crippen LogP contribution in [-0.2, 0) is 18.3 Å². The summed E-state index contributed by atoms with van der Waals surface area (Å²) in [5.41, 5.74) is 1.64. The van der Waals surface area contributed by atoms with Crippen molar-refractivity contribution in [2.45, 2.75) is 6.42 Å². The van der Waals surface area contributed by atoms with Crippen molar-refractivity contribution in [1.29, 1.82) is 0 Å². The van der Waals surface area contributed by atoms with Gasteiger partial charge in [0.2, 0.25) is 0 Å². The summed E-state index contributed by atoms with van der Waals surface area (Å²) in [5, 5.41) is 4.18. The predicted molar refractivity (Wildman–Crippen MR) is 50.7 cm³/mol. The third kappa shape index (κ3) is 1.46. The highest BCUT2D eigenvalue weighted by atomic mass is 16.3. The van der Waals surface area contributed by atoms with Crippen molar-refractivity contribution in [3.63, 3.8) is 0 Å². The first-order chi connectivity index (χ1) is 6.81. The third-order valence-corrected chi connectivity index (χ3v) is 2.00. The molecule has 0 aromatic carbocycles. The van der Waals surface area contributed by atoms with E-state index in [2.05, 4.69) is 5.10 Å². The Kier molecular flexibility index (Phi) is 2.18. The first-order valence-corrected chi connectivity index (χ1v) is 4.31. The zero-order chi connectivity index (χ0) is 9.97. The number of hydrogen-bond acceptors (Lipinski definition) is 3. The molecule has 2 rings (SSSR count). The van der Waals surface area contributed by atoms with Gasteiger partial charge >= 0.3 is 0 Å². The van der Waals surface area contributed by atoms with Gasteiger partial charge in [0.05, 0.1) is 12.0 Å². The van der Waals surface area contributed by atoms with E-state index in [1.165, 1.54) is 0 Å². The summed E-state index contributed by atoms with van der Waals surface area (Å²) in [6.07, 6.45) is 2.80. The number of rotatable bonds is 3. The topological polar surface area (TPSA) is 48.0 Å². The molecule has 0 aliphatic heterocycles. The number of aryl methyl sites for hydroxylation is 1. The molecule has 0 N–H and O–H groups in total. The van der Waals surface area contributed by atoms with Gasteiger partial charge in [-0.15, -0.1) is 0 Å². The van der Waals surface area contributed by atoms with Crippen LogP contribution in [0.15, 0.2) is 28.9 Å². The van der Waals surface area contributed by atoms with Gasteiger partial charge in [0.25, 0.3) is 0 Å². The summed E-state index contributed by atoms with van der Waals surface area (Å²) in [7, 11) is 1.83. The molecule has 0 unspecified atom stereocenters. The molecule has 2 heterocycles. The molecule has 0 amide bonds. The molecule has 14 heavy (non-hydrogen) atoms. The third-order valence-electron chi connectivity index (χ3n) is 2.00. The standard InChI is InChI=1S/C10H10N2O2/c1-12-9(10-3-2-6-14-10)7-8(11-12)4-5-13/h2-3,5-7H,4H2,1H3. The zero-order valence-corrected chi connectivity index (χ0v) is 7.80. The van der Waals surface area contributed by atoms with Gasteiger partial charge < -0.3 is 9.21 Å². The number of nitrogens with zero attached hydrogens (tertiary/aromatic N) is 2. The minimum absolute atomic E-state index is 0.342. The lowest BCUT2D eigenvalue weighted by atomic mass is 10.2. The van der Waals surface area contributed by atoms with Gasteiger partial charge in [0, 0.05) is 13.5 Å². The van der Waals surface area contributed by atoms with Crippen molar-refractivity contribution in [3.8, 4) is 11.5 Å². The van der Waals surface area contributed by atoms with Crippen LogP contribution in [-0.4, -0.2) is 16.1 Å². The number of carbonyl (C=O) groups is 1. The van der Waals surface area contributed by atoms with Gasteiger partial charge in [0.15, 0.2) is 5.76 Å². The fourth-order valence-electron chi connectivity index (χ4n) is 1.37. The lowest BCUT2D eigenvalue weighted by Crippen LogP contribution is -1.94. The molecule has 0 atom stereocenters. The van der Waals surface area contributed by atoms with Crippen LogP contribution in [0.1, 0.15) is 5.69 Å². The van der Waals surface area contributed by atoms with E-state index in [-0.39, 0.29) is 0 Å². The largest absolute Gasteiger partial charge is 0.463 e. The van der Waals surface area contributed by atoms with Gasteiger partial charge in [-0.1, -0.05) is 0 Å². The van der Waals surface area contributed by atoms with Crippen molar-refractivity contribution in [2.75, 3.05) is 0 Å². The highest BCUT2D eigenvalue weighted by molar-refractivity contribution is 5.58. The molecule has 0 spiro atoms. The van der Waals surface area contributed by atoms with Crippen molar-refractivity contribution >= 4 is 6.29 Å². The van der Waals surface area contributed by atoms with Gasteiger partial charge in [-0.3, -0.25) is 4.68 Å². The van der Waals surface area contributed by atoms with Crippen molar-refractivity contribution in [1.82, 2.24) is 9.78 Å². The Labute approximate surface area is 81.1 Å². The first-order valence-electron chi connectivity index (χ1n) is 4.31. The van der Waals surface area contributed by atoms with E-state index >= 15 is 0 Å². The molecule has 0 aliphatic carbocycles. The van der Waals surface area contributed by atoms with Gasteiger partial charge in [-0.2, -0.15) is 5.10 Å². The average molecular weight is 190 g/mol. The summed E-state index contributed by atoms with van der Waals surface area (Å²) in [6, 6.07) is 5.54. The second kappa shape index (κ2) is 3.49.